The van der Waals surface area contributed by atoms with E-state index in [4.69, 9.17) is 5.73 Å². The lowest BCUT2D eigenvalue weighted by Crippen LogP contribution is -2.39. The van der Waals surface area contributed by atoms with Gasteiger partial charge in [-0.3, -0.25) is 4.90 Å². The van der Waals surface area contributed by atoms with Crippen LogP contribution >= 0.6 is 0 Å². The molecule has 1 aromatic heterocycles. The summed E-state index contributed by atoms with van der Waals surface area (Å²) in [6.45, 7) is 7.52. The molecule has 84 valence electrons. The van der Waals surface area contributed by atoms with Crippen LogP contribution in [0.5, 0.6) is 0 Å². The number of hydrogen-bond acceptors (Lipinski definition) is 3. The summed E-state index contributed by atoms with van der Waals surface area (Å²) in [6.07, 6.45) is 2.84. The fourth-order valence-electron chi connectivity index (χ4n) is 1.32. The summed E-state index contributed by atoms with van der Waals surface area (Å²) in [6, 6.07) is 3.96. The lowest BCUT2D eigenvalue weighted by Gasteiger charge is -2.34. The van der Waals surface area contributed by atoms with E-state index in [2.05, 4.69) is 37.7 Å². The molecule has 0 aromatic carbocycles. The van der Waals surface area contributed by atoms with Gasteiger partial charge in [0.2, 0.25) is 0 Å². The zero-order chi connectivity index (χ0) is 11.5. The molecule has 0 saturated heterocycles. The Morgan fingerprint density at radius 2 is 2.13 bits per heavy atom. The van der Waals surface area contributed by atoms with E-state index in [0.717, 1.165) is 18.5 Å². The Morgan fingerprint density at radius 1 is 1.47 bits per heavy atom. The Bertz CT molecular complexity index is 320. The Hall–Kier alpha value is -1.09. The second kappa shape index (κ2) is 4.62. The number of nitrogen functional groups attached to an aromatic ring is 1. The number of nitrogens with zero attached hydrogens (tertiary/aromatic N) is 2. The van der Waals surface area contributed by atoms with Crippen molar-refractivity contribution in [1.82, 2.24) is 9.88 Å². The minimum atomic E-state index is 0.197. The van der Waals surface area contributed by atoms with Crippen molar-refractivity contribution >= 4 is 5.82 Å². The van der Waals surface area contributed by atoms with Crippen LogP contribution in [0.4, 0.5) is 5.82 Å². The molecule has 1 rings (SSSR count). The second-order valence-corrected chi connectivity index (χ2v) is 4.57. The molecule has 0 aliphatic rings. The van der Waals surface area contributed by atoms with Crippen LogP contribution in [-0.4, -0.2) is 22.5 Å². The molecule has 0 saturated carbocycles. The van der Waals surface area contributed by atoms with Crippen molar-refractivity contribution in [2.24, 2.45) is 0 Å². The average molecular weight is 207 g/mol. The molecule has 1 heterocycles. The van der Waals surface area contributed by atoms with E-state index in [9.17, 15) is 0 Å². The predicted octanol–water partition coefficient (Wildman–Crippen LogP) is 2.28. The van der Waals surface area contributed by atoms with Gasteiger partial charge in [-0.05, 0) is 33.4 Å². The first-order chi connectivity index (χ1) is 6.97. The first kappa shape index (κ1) is 12.0. The summed E-state index contributed by atoms with van der Waals surface area (Å²) >= 11 is 0. The van der Waals surface area contributed by atoms with Crippen molar-refractivity contribution in [1.29, 1.82) is 0 Å². The molecular weight excluding hydrogens is 186 g/mol. The number of anilines is 1. The highest BCUT2D eigenvalue weighted by atomic mass is 15.2. The first-order valence-corrected chi connectivity index (χ1v) is 5.38. The van der Waals surface area contributed by atoms with Gasteiger partial charge in [-0.1, -0.05) is 13.0 Å². The molecule has 15 heavy (non-hydrogen) atoms. The van der Waals surface area contributed by atoms with E-state index in [0.29, 0.717) is 5.82 Å². The van der Waals surface area contributed by atoms with Crippen LogP contribution in [0.2, 0.25) is 0 Å². The fraction of sp³-hybridized carbons (Fsp3) is 0.583. The molecule has 0 radical (unpaired) electrons. The maximum Gasteiger partial charge on any atom is 0.127 e. The van der Waals surface area contributed by atoms with Gasteiger partial charge in [0.25, 0.3) is 0 Å². The normalized spacial score (nSPS) is 12.1. The second-order valence-electron chi connectivity index (χ2n) is 4.57. The molecule has 1 aromatic rings. The van der Waals surface area contributed by atoms with Crippen LogP contribution in [-0.2, 0) is 6.54 Å². The highest BCUT2D eigenvalue weighted by Crippen LogP contribution is 2.20. The molecule has 3 nitrogen and oxygen atoms in total. The molecular formula is C12H21N3. The highest BCUT2D eigenvalue weighted by Gasteiger charge is 2.21. The minimum Gasteiger partial charge on any atom is -0.383 e. The number of hydrogen-bond donors (Lipinski definition) is 1. The number of pyridine rings is 1. The summed E-state index contributed by atoms with van der Waals surface area (Å²) in [5.41, 5.74) is 7.11. The van der Waals surface area contributed by atoms with E-state index in [1.807, 2.05) is 12.1 Å². The summed E-state index contributed by atoms with van der Waals surface area (Å²) in [5.74, 6) is 0.635. The van der Waals surface area contributed by atoms with Crippen LogP contribution in [0.15, 0.2) is 18.3 Å². The molecule has 0 spiro atoms. The van der Waals surface area contributed by atoms with Gasteiger partial charge in [0, 0.05) is 23.8 Å². The number of aromatic nitrogens is 1. The van der Waals surface area contributed by atoms with Gasteiger partial charge in [-0.15, -0.1) is 0 Å². The molecule has 0 fully saturated rings. The van der Waals surface area contributed by atoms with Crippen molar-refractivity contribution in [3.63, 3.8) is 0 Å². The minimum absolute atomic E-state index is 0.197. The van der Waals surface area contributed by atoms with Crippen LogP contribution in [0, 0.1) is 0 Å². The van der Waals surface area contributed by atoms with E-state index in [-0.39, 0.29) is 5.54 Å². The summed E-state index contributed by atoms with van der Waals surface area (Å²) in [4.78, 5) is 6.40. The molecule has 0 unspecified atom stereocenters. The quantitative estimate of drug-likeness (QED) is 0.823. The molecule has 0 aliphatic carbocycles. The van der Waals surface area contributed by atoms with Crippen LogP contribution in [0.25, 0.3) is 0 Å². The average Bonchev–Trinajstić information content (AvgIpc) is 2.21. The SMILES string of the molecule is CCC(C)(C)N(C)Cc1cccnc1N. The summed E-state index contributed by atoms with van der Waals surface area (Å²) in [7, 11) is 2.12. The van der Waals surface area contributed by atoms with Gasteiger partial charge in [0.05, 0.1) is 0 Å². The molecule has 0 atom stereocenters. The zero-order valence-corrected chi connectivity index (χ0v) is 10.1. The van der Waals surface area contributed by atoms with Crippen molar-refractivity contribution in [2.45, 2.75) is 39.3 Å². The maximum atomic E-state index is 5.82. The lowest BCUT2D eigenvalue weighted by molar-refractivity contribution is 0.143. The monoisotopic (exact) mass is 207 g/mol. The first-order valence-electron chi connectivity index (χ1n) is 5.38. The van der Waals surface area contributed by atoms with E-state index in [1.165, 1.54) is 0 Å². The number of rotatable bonds is 4. The van der Waals surface area contributed by atoms with E-state index in [1.54, 1.807) is 6.20 Å². The molecule has 3 heteroatoms. The van der Waals surface area contributed by atoms with Gasteiger partial charge >= 0.3 is 0 Å². The Labute approximate surface area is 92.3 Å². The highest BCUT2D eigenvalue weighted by molar-refractivity contribution is 5.38. The third-order valence-electron chi connectivity index (χ3n) is 3.23. The van der Waals surface area contributed by atoms with Gasteiger partial charge in [0.15, 0.2) is 0 Å². The third kappa shape index (κ3) is 2.93. The molecule has 0 bridgehead atoms. The number of nitrogens with two attached hydrogens (primary N) is 1. The van der Waals surface area contributed by atoms with E-state index < -0.39 is 0 Å². The molecule has 2 N–H and O–H groups in total. The third-order valence-corrected chi connectivity index (χ3v) is 3.23. The van der Waals surface area contributed by atoms with E-state index >= 15 is 0 Å². The van der Waals surface area contributed by atoms with Crippen LogP contribution < -0.4 is 5.73 Å². The Kier molecular flexibility index (Phi) is 3.69. The standard InChI is InChI=1S/C12H21N3/c1-5-12(2,3)15(4)9-10-7-6-8-14-11(10)13/h6-8H,5,9H2,1-4H3,(H2,13,14). The lowest BCUT2D eigenvalue weighted by atomic mass is 9.99. The largest absolute Gasteiger partial charge is 0.383 e. The van der Waals surface area contributed by atoms with Crippen molar-refractivity contribution in [3.8, 4) is 0 Å². The van der Waals surface area contributed by atoms with Gasteiger partial charge in [0.1, 0.15) is 5.82 Å². The molecule has 0 aliphatic heterocycles. The van der Waals surface area contributed by atoms with Crippen LogP contribution in [0.1, 0.15) is 32.8 Å². The summed E-state index contributed by atoms with van der Waals surface area (Å²) < 4.78 is 0. The van der Waals surface area contributed by atoms with Crippen molar-refractivity contribution in [3.05, 3.63) is 23.9 Å². The summed E-state index contributed by atoms with van der Waals surface area (Å²) in [5, 5.41) is 0. The topological polar surface area (TPSA) is 42.2 Å². The predicted molar refractivity (Wildman–Crippen MR) is 64.5 cm³/mol. The smallest absolute Gasteiger partial charge is 0.127 e. The Morgan fingerprint density at radius 3 is 2.67 bits per heavy atom. The fourth-order valence-corrected chi connectivity index (χ4v) is 1.32. The van der Waals surface area contributed by atoms with Gasteiger partial charge in [-0.2, -0.15) is 0 Å². The molecule has 0 amide bonds. The van der Waals surface area contributed by atoms with Crippen molar-refractivity contribution < 1.29 is 0 Å². The Balaban J connectivity index is 2.75. The maximum absolute atomic E-state index is 5.82. The van der Waals surface area contributed by atoms with Gasteiger partial charge < -0.3 is 5.73 Å². The van der Waals surface area contributed by atoms with Crippen LogP contribution in [0.3, 0.4) is 0 Å². The zero-order valence-electron chi connectivity index (χ0n) is 10.1. The van der Waals surface area contributed by atoms with Crippen molar-refractivity contribution in [2.75, 3.05) is 12.8 Å². The van der Waals surface area contributed by atoms with Gasteiger partial charge in [-0.25, -0.2) is 4.98 Å².